The summed E-state index contributed by atoms with van der Waals surface area (Å²) >= 11 is 0. The number of hydrogen-bond acceptors (Lipinski definition) is 6. The quantitative estimate of drug-likeness (QED) is 0.748. The fourth-order valence-corrected chi connectivity index (χ4v) is 5.14. The second kappa shape index (κ2) is 10.4. The van der Waals surface area contributed by atoms with Crippen molar-refractivity contribution >= 4 is 16.8 Å². The van der Waals surface area contributed by atoms with Gasteiger partial charge in [0, 0.05) is 65.4 Å². The van der Waals surface area contributed by atoms with Crippen molar-refractivity contribution in [3.63, 3.8) is 0 Å². The molecule has 0 radical (unpaired) electrons. The SMILES string of the molecule is C[C@@H]1C[C@H](c2ccc(C#N)c3ncccc23)CN(CC(=O)NCCN2CCN(C)CC2)C1.[HH]. The third-order valence-corrected chi connectivity index (χ3v) is 6.81. The fraction of sp³-hybridized carbons (Fsp3) is 0.560. The lowest BCUT2D eigenvalue weighted by Crippen LogP contribution is -2.48. The van der Waals surface area contributed by atoms with Crippen LogP contribution in [0, 0.1) is 17.2 Å². The Bertz CT molecular complexity index is 985. The third-order valence-electron chi connectivity index (χ3n) is 6.81. The van der Waals surface area contributed by atoms with Crippen LogP contribution in [-0.4, -0.2) is 91.5 Å². The Morgan fingerprint density at radius 3 is 2.81 bits per heavy atom. The lowest BCUT2D eigenvalue weighted by Gasteiger charge is -2.37. The van der Waals surface area contributed by atoms with Crippen molar-refractivity contribution < 1.29 is 6.22 Å². The van der Waals surface area contributed by atoms with Gasteiger partial charge in [0.05, 0.1) is 17.6 Å². The smallest absolute Gasteiger partial charge is 0.234 e. The van der Waals surface area contributed by atoms with E-state index in [9.17, 15) is 10.1 Å². The Hall–Kier alpha value is -2.53. The first-order chi connectivity index (χ1) is 15.5. The highest BCUT2D eigenvalue weighted by Crippen LogP contribution is 2.34. The molecule has 0 saturated carbocycles. The number of pyridine rings is 1. The number of likely N-dealkylation sites (tertiary alicyclic amines) is 1. The minimum atomic E-state index is 0. The predicted molar refractivity (Wildman–Crippen MR) is 128 cm³/mol. The Labute approximate surface area is 192 Å². The molecule has 7 nitrogen and oxygen atoms in total. The Balaban J connectivity index is 0.00000306. The van der Waals surface area contributed by atoms with Gasteiger partial charge in [-0.15, -0.1) is 0 Å². The zero-order valence-electron chi connectivity index (χ0n) is 19.3. The molecule has 3 heterocycles. The lowest BCUT2D eigenvalue weighted by molar-refractivity contribution is -0.122. The van der Waals surface area contributed by atoms with Gasteiger partial charge in [-0.25, -0.2) is 0 Å². The minimum absolute atomic E-state index is 0. The van der Waals surface area contributed by atoms with E-state index in [-0.39, 0.29) is 7.33 Å². The molecule has 1 aromatic heterocycles. The highest BCUT2D eigenvalue weighted by molar-refractivity contribution is 5.87. The number of piperidine rings is 1. The van der Waals surface area contributed by atoms with E-state index in [1.807, 2.05) is 12.1 Å². The molecule has 1 aromatic carbocycles. The summed E-state index contributed by atoms with van der Waals surface area (Å²) in [6, 6.07) is 10.2. The molecular weight excluding hydrogens is 400 g/mol. The topological polar surface area (TPSA) is 75.5 Å². The van der Waals surface area contributed by atoms with Crippen LogP contribution in [0.2, 0.25) is 0 Å². The van der Waals surface area contributed by atoms with Crippen molar-refractivity contribution in [2.75, 3.05) is 66.0 Å². The largest absolute Gasteiger partial charge is 0.354 e. The molecule has 2 aliphatic rings. The number of piperazine rings is 1. The van der Waals surface area contributed by atoms with Crippen LogP contribution in [0.5, 0.6) is 0 Å². The Kier molecular flexibility index (Phi) is 7.36. The van der Waals surface area contributed by atoms with E-state index in [2.05, 4.69) is 57.2 Å². The lowest BCUT2D eigenvalue weighted by atomic mass is 9.83. The first-order valence-electron chi connectivity index (χ1n) is 11.7. The molecule has 7 heteroatoms. The van der Waals surface area contributed by atoms with E-state index < -0.39 is 0 Å². The summed E-state index contributed by atoms with van der Waals surface area (Å²) < 4.78 is 0. The molecule has 2 aliphatic heterocycles. The van der Waals surface area contributed by atoms with E-state index in [1.165, 1.54) is 5.56 Å². The van der Waals surface area contributed by atoms with Crippen molar-refractivity contribution in [3.8, 4) is 6.07 Å². The van der Waals surface area contributed by atoms with Crippen LogP contribution >= 0.6 is 0 Å². The normalized spacial score (nSPS) is 23.2. The van der Waals surface area contributed by atoms with Crippen molar-refractivity contribution in [1.29, 1.82) is 5.26 Å². The number of nitrogens with zero attached hydrogens (tertiary/aromatic N) is 5. The number of likely N-dealkylation sites (N-methyl/N-ethyl adjacent to an activating group) is 1. The van der Waals surface area contributed by atoms with Gasteiger partial charge in [-0.05, 0) is 43.0 Å². The maximum Gasteiger partial charge on any atom is 0.234 e. The van der Waals surface area contributed by atoms with Crippen LogP contribution in [0.1, 0.15) is 31.8 Å². The number of benzene rings is 1. The molecule has 1 amide bonds. The van der Waals surface area contributed by atoms with Crippen LogP contribution in [0.4, 0.5) is 0 Å². The van der Waals surface area contributed by atoms with Gasteiger partial charge in [0.25, 0.3) is 0 Å². The van der Waals surface area contributed by atoms with Crippen LogP contribution in [0.25, 0.3) is 10.9 Å². The van der Waals surface area contributed by atoms with E-state index in [4.69, 9.17) is 0 Å². The molecule has 0 aliphatic carbocycles. The standard InChI is InChI=1S/C25H34N6O.H2/c1-19-14-21(22-6-5-20(15-26)25-23(22)4-3-7-28-25)17-31(16-19)18-24(32)27-8-9-30-12-10-29(2)11-13-30;/h3-7,19,21H,8-14,16-18H2,1-2H3,(H,27,32);1H/t19-,21+;/m1./s1. The van der Waals surface area contributed by atoms with Crippen molar-refractivity contribution in [2.45, 2.75) is 19.3 Å². The second-order valence-electron chi connectivity index (χ2n) is 9.44. The number of amides is 1. The van der Waals surface area contributed by atoms with E-state index >= 15 is 0 Å². The van der Waals surface area contributed by atoms with Crippen LogP contribution < -0.4 is 5.32 Å². The third kappa shape index (κ3) is 5.44. The van der Waals surface area contributed by atoms with Gasteiger partial charge in [-0.3, -0.25) is 19.6 Å². The van der Waals surface area contributed by atoms with Gasteiger partial charge >= 0.3 is 0 Å². The molecule has 1 N–H and O–H groups in total. The average molecular weight is 437 g/mol. The molecule has 4 rings (SSSR count). The number of carbonyl (C=O) groups is 1. The van der Waals surface area contributed by atoms with Crippen LogP contribution in [0.3, 0.4) is 0 Å². The van der Waals surface area contributed by atoms with Gasteiger partial charge in [-0.1, -0.05) is 19.1 Å². The summed E-state index contributed by atoms with van der Waals surface area (Å²) in [7, 11) is 2.16. The highest BCUT2D eigenvalue weighted by Gasteiger charge is 2.28. The molecule has 2 atom stereocenters. The molecule has 32 heavy (non-hydrogen) atoms. The molecule has 2 fully saturated rings. The summed E-state index contributed by atoms with van der Waals surface area (Å²) in [4.78, 5) is 24.1. The number of nitriles is 1. The first-order valence-corrected chi connectivity index (χ1v) is 11.7. The Morgan fingerprint density at radius 2 is 2.03 bits per heavy atom. The number of hydrogen-bond donors (Lipinski definition) is 1. The highest BCUT2D eigenvalue weighted by atomic mass is 16.2. The molecule has 172 valence electrons. The maximum absolute atomic E-state index is 12.6. The molecule has 2 saturated heterocycles. The number of aromatic nitrogens is 1. The van der Waals surface area contributed by atoms with Crippen molar-refractivity contribution in [3.05, 3.63) is 41.6 Å². The fourth-order valence-electron chi connectivity index (χ4n) is 5.14. The van der Waals surface area contributed by atoms with Crippen LogP contribution in [0.15, 0.2) is 30.5 Å². The summed E-state index contributed by atoms with van der Waals surface area (Å²) in [6.07, 6.45) is 2.83. The molecule has 0 unspecified atom stereocenters. The summed E-state index contributed by atoms with van der Waals surface area (Å²) in [5.41, 5.74) is 2.63. The zero-order chi connectivity index (χ0) is 22.5. The minimum Gasteiger partial charge on any atom is -0.354 e. The molecular formula is C25H36N6O. The van der Waals surface area contributed by atoms with E-state index in [1.54, 1.807) is 6.20 Å². The maximum atomic E-state index is 12.6. The Morgan fingerprint density at radius 1 is 1.22 bits per heavy atom. The first kappa shape index (κ1) is 22.7. The number of nitrogens with one attached hydrogen (secondary N) is 1. The van der Waals surface area contributed by atoms with Gasteiger partial charge < -0.3 is 10.2 Å². The van der Waals surface area contributed by atoms with E-state index in [0.29, 0.717) is 30.5 Å². The number of rotatable bonds is 6. The molecule has 2 aromatic rings. The second-order valence-corrected chi connectivity index (χ2v) is 9.44. The van der Waals surface area contributed by atoms with Crippen molar-refractivity contribution in [1.82, 2.24) is 25.0 Å². The zero-order valence-corrected chi connectivity index (χ0v) is 19.3. The summed E-state index contributed by atoms with van der Waals surface area (Å²) in [5.74, 6) is 0.948. The van der Waals surface area contributed by atoms with Gasteiger partial charge in [0.15, 0.2) is 0 Å². The van der Waals surface area contributed by atoms with Gasteiger partial charge in [-0.2, -0.15) is 5.26 Å². The number of fused-ring (bicyclic) bond motifs is 1. The summed E-state index contributed by atoms with van der Waals surface area (Å²) in [5, 5.41) is 13.6. The monoisotopic (exact) mass is 436 g/mol. The van der Waals surface area contributed by atoms with Gasteiger partial charge in [0.1, 0.15) is 6.07 Å². The van der Waals surface area contributed by atoms with Crippen LogP contribution in [-0.2, 0) is 4.79 Å². The molecule has 0 spiro atoms. The van der Waals surface area contributed by atoms with Crippen molar-refractivity contribution in [2.24, 2.45) is 5.92 Å². The van der Waals surface area contributed by atoms with E-state index in [0.717, 1.165) is 63.1 Å². The average Bonchev–Trinajstić information content (AvgIpc) is 2.79. The number of carbonyl (C=O) groups excluding carboxylic acids is 1. The molecule has 0 bridgehead atoms. The predicted octanol–water partition coefficient (Wildman–Crippen LogP) is 2.14. The van der Waals surface area contributed by atoms with Gasteiger partial charge in [0.2, 0.25) is 5.91 Å². The summed E-state index contributed by atoms with van der Waals surface area (Å²) in [6.45, 7) is 10.5.